The number of carbonyl (C=O) groups is 1. The Hall–Kier alpha value is -1.31. The zero-order valence-electron chi connectivity index (χ0n) is 9.05. The van der Waals surface area contributed by atoms with Gasteiger partial charge in [0.25, 0.3) is 5.91 Å². The third kappa shape index (κ3) is 3.32. The van der Waals surface area contributed by atoms with Gasteiger partial charge in [-0.2, -0.15) is 0 Å². The standard InChI is InChI=1S/C10H12N4OS2/c11-2-1-9-14-8(5-17-9)10(15)12-3-7-4-16-6-13-7/h4-6H,1-3,11H2,(H,12,15). The van der Waals surface area contributed by atoms with E-state index in [0.717, 1.165) is 10.7 Å². The van der Waals surface area contributed by atoms with Crippen LogP contribution in [0.4, 0.5) is 0 Å². The third-order valence-electron chi connectivity index (χ3n) is 2.06. The Bertz CT molecular complexity index is 480. The van der Waals surface area contributed by atoms with Gasteiger partial charge in [0.2, 0.25) is 0 Å². The Labute approximate surface area is 107 Å². The van der Waals surface area contributed by atoms with E-state index in [4.69, 9.17) is 5.73 Å². The minimum absolute atomic E-state index is 0.169. The van der Waals surface area contributed by atoms with Crippen molar-refractivity contribution in [3.63, 3.8) is 0 Å². The number of rotatable bonds is 5. The first kappa shape index (κ1) is 12.2. The summed E-state index contributed by atoms with van der Waals surface area (Å²) >= 11 is 2.97. The van der Waals surface area contributed by atoms with Crippen molar-refractivity contribution in [2.24, 2.45) is 5.73 Å². The fraction of sp³-hybridized carbons (Fsp3) is 0.300. The van der Waals surface area contributed by atoms with Gasteiger partial charge in [0.15, 0.2) is 0 Å². The van der Waals surface area contributed by atoms with Gasteiger partial charge in [-0.15, -0.1) is 22.7 Å². The van der Waals surface area contributed by atoms with Crippen LogP contribution in [-0.4, -0.2) is 22.4 Å². The first-order valence-electron chi connectivity index (χ1n) is 5.09. The molecule has 5 nitrogen and oxygen atoms in total. The minimum atomic E-state index is -0.169. The summed E-state index contributed by atoms with van der Waals surface area (Å²) in [6, 6.07) is 0. The summed E-state index contributed by atoms with van der Waals surface area (Å²) in [6.07, 6.45) is 0.712. The largest absolute Gasteiger partial charge is 0.345 e. The topological polar surface area (TPSA) is 80.9 Å². The summed E-state index contributed by atoms with van der Waals surface area (Å²) in [5.74, 6) is -0.169. The van der Waals surface area contributed by atoms with Gasteiger partial charge < -0.3 is 11.1 Å². The van der Waals surface area contributed by atoms with Gasteiger partial charge >= 0.3 is 0 Å². The van der Waals surface area contributed by atoms with Crippen LogP contribution in [0, 0.1) is 0 Å². The molecule has 3 N–H and O–H groups in total. The molecule has 0 aliphatic rings. The Balaban J connectivity index is 1.90. The maximum absolute atomic E-state index is 11.7. The zero-order valence-corrected chi connectivity index (χ0v) is 10.7. The van der Waals surface area contributed by atoms with Crippen LogP contribution in [0.5, 0.6) is 0 Å². The molecule has 0 unspecified atom stereocenters. The summed E-state index contributed by atoms with van der Waals surface area (Å²) < 4.78 is 0. The molecule has 2 heterocycles. The highest BCUT2D eigenvalue weighted by Gasteiger charge is 2.10. The Morgan fingerprint density at radius 3 is 3.06 bits per heavy atom. The van der Waals surface area contributed by atoms with E-state index in [-0.39, 0.29) is 5.91 Å². The van der Waals surface area contributed by atoms with E-state index in [1.54, 1.807) is 10.9 Å². The van der Waals surface area contributed by atoms with E-state index in [1.165, 1.54) is 22.7 Å². The van der Waals surface area contributed by atoms with Crippen molar-refractivity contribution < 1.29 is 4.79 Å². The van der Waals surface area contributed by atoms with Crippen LogP contribution in [-0.2, 0) is 13.0 Å². The number of nitrogens with two attached hydrogens (primary N) is 1. The van der Waals surface area contributed by atoms with E-state index in [0.29, 0.717) is 25.2 Å². The SMILES string of the molecule is NCCc1nc(C(=O)NCc2cscn2)cs1. The highest BCUT2D eigenvalue weighted by atomic mass is 32.1. The number of aromatic nitrogens is 2. The molecule has 0 radical (unpaired) electrons. The fourth-order valence-electron chi connectivity index (χ4n) is 1.24. The number of carbonyl (C=O) groups excluding carboxylic acids is 1. The second-order valence-electron chi connectivity index (χ2n) is 3.33. The summed E-state index contributed by atoms with van der Waals surface area (Å²) in [4.78, 5) is 20.0. The zero-order chi connectivity index (χ0) is 12.1. The van der Waals surface area contributed by atoms with Crippen LogP contribution < -0.4 is 11.1 Å². The quantitative estimate of drug-likeness (QED) is 0.848. The van der Waals surface area contributed by atoms with Gasteiger partial charge in [-0.1, -0.05) is 0 Å². The molecule has 0 bridgehead atoms. The Morgan fingerprint density at radius 1 is 1.47 bits per heavy atom. The Kier molecular flexibility index (Phi) is 4.18. The summed E-state index contributed by atoms with van der Waals surface area (Å²) in [5.41, 5.74) is 8.48. The van der Waals surface area contributed by atoms with Gasteiger partial charge in [-0.3, -0.25) is 4.79 Å². The monoisotopic (exact) mass is 268 g/mol. The Morgan fingerprint density at radius 2 is 2.35 bits per heavy atom. The molecule has 7 heteroatoms. The molecule has 0 saturated heterocycles. The molecule has 1 amide bonds. The molecule has 2 rings (SSSR count). The average molecular weight is 268 g/mol. The predicted octanol–water partition coefficient (Wildman–Crippen LogP) is 1.03. The van der Waals surface area contributed by atoms with Crippen LogP contribution in [0.1, 0.15) is 21.2 Å². The van der Waals surface area contributed by atoms with Crippen molar-refractivity contribution in [3.05, 3.63) is 32.7 Å². The van der Waals surface area contributed by atoms with Crippen molar-refractivity contribution in [2.45, 2.75) is 13.0 Å². The number of thiazole rings is 2. The molecule has 0 aliphatic carbocycles. The van der Waals surface area contributed by atoms with Gasteiger partial charge in [-0.05, 0) is 6.54 Å². The summed E-state index contributed by atoms with van der Waals surface area (Å²) in [7, 11) is 0. The molecule has 0 aliphatic heterocycles. The maximum atomic E-state index is 11.7. The molecule has 0 atom stereocenters. The first-order chi connectivity index (χ1) is 8.29. The molecular weight excluding hydrogens is 256 g/mol. The van der Waals surface area contributed by atoms with E-state index >= 15 is 0 Å². The molecule has 17 heavy (non-hydrogen) atoms. The lowest BCUT2D eigenvalue weighted by Gasteiger charge is -1.99. The molecule has 0 saturated carbocycles. The second kappa shape index (κ2) is 5.85. The number of amides is 1. The highest BCUT2D eigenvalue weighted by Crippen LogP contribution is 2.10. The van der Waals surface area contributed by atoms with Crippen molar-refractivity contribution in [1.29, 1.82) is 0 Å². The van der Waals surface area contributed by atoms with Crippen LogP contribution in [0.25, 0.3) is 0 Å². The molecular formula is C10H12N4OS2. The van der Waals surface area contributed by atoms with Crippen molar-refractivity contribution in [3.8, 4) is 0 Å². The van der Waals surface area contributed by atoms with Crippen molar-refractivity contribution in [1.82, 2.24) is 15.3 Å². The smallest absolute Gasteiger partial charge is 0.271 e. The average Bonchev–Trinajstić information content (AvgIpc) is 2.97. The normalized spacial score (nSPS) is 10.4. The lowest BCUT2D eigenvalue weighted by molar-refractivity contribution is 0.0946. The van der Waals surface area contributed by atoms with Crippen LogP contribution >= 0.6 is 22.7 Å². The molecule has 0 aromatic carbocycles. The molecule has 90 valence electrons. The van der Waals surface area contributed by atoms with Crippen LogP contribution in [0.3, 0.4) is 0 Å². The molecule has 0 spiro atoms. The number of nitrogens with one attached hydrogen (secondary N) is 1. The molecule has 2 aromatic rings. The lowest BCUT2D eigenvalue weighted by atomic mass is 10.4. The predicted molar refractivity (Wildman–Crippen MR) is 68.2 cm³/mol. The van der Waals surface area contributed by atoms with Gasteiger partial charge in [0.1, 0.15) is 5.69 Å². The van der Waals surface area contributed by atoms with Crippen molar-refractivity contribution in [2.75, 3.05) is 6.54 Å². The van der Waals surface area contributed by atoms with E-state index in [1.807, 2.05) is 5.38 Å². The van der Waals surface area contributed by atoms with Crippen LogP contribution in [0.2, 0.25) is 0 Å². The second-order valence-corrected chi connectivity index (χ2v) is 4.99. The number of nitrogens with zero attached hydrogens (tertiary/aromatic N) is 2. The minimum Gasteiger partial charge on any atom is -0.345 e. The van der Waals surface area contributed by atoms with Crippen LogP contribution in [0.15, 0.2) is 16.3 Å². The highest BCUT2D eigenvalue weighted by molar-refractivity contribution is 7.09. The fourth-order valence-corrected chi connectivity index (χ4v) is 2.59. The van der Waals surface area contributed by atoms with Gasteiger partial charge in [-0.25, -0.2) is 9.97 Å². The maximum Gasteiger partial charge on any atom is 0.271 e. The number of hydrogen-bond donors (Lipinski definition) is 2. The lowest BCUT2D eigenvalue weighted by Crippen LogP contribution is -2.23. The van der Waals surface area contributed by atoms with E-state index < -0.39 is 0 Å². The molecule has 0 fully saturated rings. The molecule has 2 aromatic heterocycles. The summed E-state index contributed by atoms with van der Waals surface area (Å²) in [6.45, 7) is 0.986. The first-order valence-corrected chi connectivity index (χ1v) is 6.91. The summed E-state index contributed by atoms with van der Waals surface area (Å²) in [5, 5.41) is 7.32. The van der Waals surface area contributed by atoms with E-state index in [2.05, 4.69) is 15.3 Å². The third-order valence-corrected chi connectivity index (χ3v) is 3.60. The number of hydrogen-bond acceptors (Lipinski definition) is 6. The van der Waals surface area contributed by atoms with Crippen molar-refractivity contribution >= 4 is 28.6 Å². The van der Waals surface area contributed by atoms with E-state index in [9.17, 15) is 4.79 Å². The van der Waals surface area contributed by atoms with Gasteiger partial charge in [0.05, 0.1) is 22.8 Å². The van der Waals surface area contributed by atoms with Gasteiger partial charge in [0, 0.05) is 17.2 Å².